The standard InChI is InChI=1S/C20H24N8OS/c1-28-11-14(10-22-28)18(29)23-15-4-2-3-12(7-15)19-26-27-20(30-19)24-16-5-6-17-13(8-16)9-21-25-17/h2-4,7,10-11,13,16-17,21,25H,5-6,8-9H2,1H3,(H,23,29)(H,24,27). The zero-order valence-electron chi connectivity index (χ0n) is 16.6. The number of hydrazine groups is 1. The Bertz CT molecular complexity index is 1050. The van der Waals surface area contributed by atoms with Gasteiger partial charge in [0.1, 0.15) is 5.01 Å². The Hall–Kier alpha value is -2.82. The van der Waals surface area contributed by atoms with Crippen molar-refractivity contribution in [2.75, 3.05) is 17.2 Å². The highest BCUT2D eigenvalue weighted by Crippen LogP contribution is 2.32. The number of nitrogens with one attached hydrogen (secondary N) is 4. The fraction of sp³-hybridized carbons (Fsp3) is 0.400. The monoisotopic (exact) mass is 424 g/mol. The number of hydrogen-bond acceptors (Lipinski definition) is 8. The van der Waals surface area contributed by atoms with Crippen LogP contribution in [0.5, 0.6) is 0 Å². The molecule has 9 nitrogen and oxygen atoms in total. The predicted molar refractivity (Wildman–Crippen MR) is 116 cm³/mol. The van der Waals surface area contributed by atoms with Crippen LogP contribution in [0, 0.1) is 5.92 Å². The number of rotatable bonds is 5. The first-order chi connectivity index (χ1) is 14.6. The Morgan fingerprint density at radius 1 is 1.30 bits per heavy atom. The molecule has 2 aliphatic rings. The van der Waals surface area contributed by atoms with Crippen LogP contribution in [0.25, 0.3) is 10.6 Å². The van der Waals surface area contributed by atoms with Gasteiger partial charge < -0.3 is 10.6 Å². The van der Waals surface area contributed by atoms with Crippen LogP contribution in [-0.2, 0) is 7.05 Å². The second-order valence-electron chi connectivity index (χ2n) is 7.90. The van der Waals surface area contributed by atoms with Crippen LogP contribution in [0.15, 0.2) is 36.7 Å². The van der Waals surface area contributed by atoms with Gasteiger partial charge in [-0.15, -0.1) is 10.2 Å². The third-order valence-corrected chi connectivity index (χ3v) is 6.62. The maximum Gasteiger partial charge on any atom is 0.258 e. The van der Waals surface area contributed by atoms with E-state index in [4.69, 9.17) is 0 Å². The van der Waals surface area contributed by atoms with Gasteiger partial charge in [-0.2, -0.15) is 5.10 Å². The largest absolute Gasteiger partial charge is 0.357 e. The molecule has 2 aromatic heterocycles. The van der Waals surface area contributed by atoms with E-state index in [1.54, 1.807) is 35.5 Å². The summed E-state index contributed by atoms with van der Waals surface area (Å²) in [4.78, 5) is 12.4. The summed E-state index contributed by atoms with van der Waals surface area (Å²) in [7, 11) is 1.78. The number of carbonyl (C=O) groups excluding carboxylic acids is 1. The molecule has 156 valence electrons. The van der Waals surface area contributed by atoms with Crippen molar-refractivity contribution < 1.29 is 4.79 Å². The Kier molecular flexibility index (Phi) is 5.19. The van der Waals surface area contributed by atoms with Gasteiger partial charge >= 0.3 is 0 Å². The van der Waals surface area contributed by atoms with Crippen LogP contribution >= 0.6 is 11.3 Å². The average Bonchev–Trinajstić information content (AvgIpc) is 3.49. The second-order valence-corrected chi connectivity index (χ2v) is 8.87. The molecule has 3 atom stereocenters. The number of aryl methyl sites for hydroxylation is 1. The number of benzene rings is 1. The Balaban J connectivity index is 1.24. The second kappa shape index (κ2) is 8.13. The van der Waals surface area contributed by atoms with E-state index >= 15 is 0 Å². The minimum absolute atomic E-state index is 0.189. The molecule has 1 saturated carbocycles. The highest BCUT2D eigenvalue weighted by Gasteiger charge is 2.34. The molecule has 0 spiro atoms. The molecule has 1 amide bonds. The number of fused-ring (bicyclic) bond motifs is 1. The first-order valence-corrected chi connectivity index (χ1v) is 10.9. The molecule has 4 N–H and O–H groups in total. The van der Waals surface area contributed by atoms with Gasteiger partial charge in [-0.3, -0.25) is 20.3 Å². The quantitative estimate of drug-likeness (QED) is 0.497. The molecule has 1 saturated heterocycles. The fourth-order valence-corrected chi connectivity index (χ4v) is 4.99. The molecule has 0 bridgehead atoms. The Labute approximate surface area is 178 Å². The van der Waals surface area contributed by atoms with Crippen LogP contribution in [-0.4, -0.2) is 44.5 Å². The zero-order valence-corrected chi connectivity index (χ0v) is 17.4. The Morgan fingerprint density at radius 2 is 2.23 bits per heavy atom. The molecular weight excluding hydrogens is 400 g/mol. The number of nitrogens with zero attached hydrogens (tertiary/aromatic N) is 4. The summed E-state index contributed by atoms with van der Waals surface area (Å²) in [6.45, 7) is 1.03. The number of amides is 1. The van der Waals surface area contributed by atoms with Crippen molar-refractivity contribution in [1.82, 2.24) is 30.8 Å². The van der Waals surface area contributed by atoms with Crippen molar-refractivity contribution >= 4 is 28.1 Å². The van der Waals surface area contributed by atoms with Gasteiger partial charge in [-0.25, -0.2) is 0 Å². The molecule has 1 aliphatic heterocycles. The highest BCUT2D eigenvalue weighted by atomic mass is 32.1. The maximum atomic E-state index is 12.4. The van der Waals surface area contributed by atoms with Crippen molar-refractivity contribution in [2.45, 2.75) is 31.3 Å². The van der Waals surface area contributed by atoms with Gasteiger partial charge in [0.2, 0.25) is 5.13 Å². The van der Waals surface area contributed by atoms with Crippen LogP contribution in [0.2, 0.25) is 0 Å². The van der Waals surface area contributed by atoms with E-state index in [-0.39, 0.29) is 5.91 Å². The first kappa shape index (κ1) is 19.2. The summed E-state index contributed by atoms with van der Waals surface area (Å²) in [5.74, 6) is 0.482. The molecule has 1 aliphatic carbocycles. The van der Waals surface area contributed by atoms with Crippen molar-refractivity contribution in [3.8, 4) is 10.6 Å². The molecule has 1 aromatic carbocycles. The number of carbonyl (C=O) groups is 1. The summed E-state index contributed by atoms with van der Waals surface area (Å²) >= 11 is 1.54. The van der Waals surface area contributed by atoms with Crippen molar-refractivity contribution in [3.63, 3.8) is 0 Å². The third kappa shape index (κ3) is 4.07. The zero-order chi connectivity index (χ0) is 20.5. The number of anilines is 2. The van der Waals surface area contributed by atoms with E-state index in [0.29, 0.717) is 29.3 Å². The smallest absolute Gasteiger partial charge is 0.258 e. The van der Waals surface area contributed by atoms with E-state index < -0.39 is 0 Å². The molecule has 0 radical (unpaired) electrons. The first-order valence-electron chi connectivity index (χ1n) is 10.1. The number of hydrogen-bond donors (Lipinski definition) is 4. The van der Waals surface area contributed by atoms with Crippen molar-refractivity contribution in [1.29, 1.82) is 0 Å². The lowest BCUT2D eigenvalue weighted by Crippen LogP contribution is -2.39. The molecule has 2 fully saturated rings. The Morgan fingerprint density at radius 3 is 3.10 bits per heavy atom. The molecule has 3 heterocycles. The summed E-state index contributed by atoms with van der Waals surface area (Å²) in [6, 6.07) is 8.69. The van der Waals surface area contributed by atoms with E-state index in [1.807, 2.05) is 24.3 Å². The third-order valence-electron chi connectivity index (χ3n) is 5.72. The minimum Gasteiger partial charge on any atom is -0.357 e. The molecular formula is C20H24N8OS. The van der Waals surface area contributed by atoms with Gasteiger partial charge in [-0.05, 0) is 37.3 Å². The highest BCUT2D eigenvalue weighted by molar-refractivity contribution is 7.18. The SMILES string of the molecule is Cn1cc(C(=O)Nc2cccc(-c3nnc(NC4CCC5NNCC5C4)s3)c2)cn1. The summed E-state index contributed by atoms with van der Waals surface area (Å²) < 4.78 is 1.60. The van der Waals surface area contributed by atoms with Crippen molar-refractivity contribution in [3.05, 3.63) is 42.2 Å². The van der Waals surface area contributed by atoms with Gasteiger partial charge in [0.15, 0.2) is 0 Å². The lowest BCUT2D eigenvalue weighted by Gasteiger charge is -2.30. The van der Waals surface area contributed by atoms with E-state index in [1.165, 1.54) is 6.42 Å². The maximum absolute atomic E-state index is 12.4. The van der Waals surface area contributed by atoms with Crippen LogP contribution in [0.3, 0.4) is 0 Å². The van der Waals surface area contributed by atoms with Crippen LogP contribution in [0.4, 0.5) is 10.8 Å². The topological polar surface area (TPSA) is 109 Å². The predicted octanol–water partition coefficient (Wildman–Crippen LogP) is 2.25. The van der Waals surface area contributed by atoms with Gasteiger partial charge in [0, 0.05) is 43.1 Å². The summed E-state index contributed by atoms with van der Waals surface area (Å²) in [5.41, 5.74) is 8.79. The molecule has 3 aromatic rings. The van der Waals surface area contributed by atoms with E-state index in [9.17, 15) is 4.79 Å². The number of aromatic nitrogens is 4. The minimum atomic E-state index is -0.189. The summed E-state index contributed by atoms with van der Waals surface area (Å²) in [6.07, 6.45) is 6.66. The van der Waals surface area contributed by atoms with Crippen molar-refractivity contribution in [2.24, 2.45) is 13.0 Å². The molecule has 3 unspecified atom stereocenters. The van der Waals surface area contributed by atoms with Gasteiger partial charge in [0.25, 0.3) is 5.91 Å². The molecule has 30 heavy (non-hydrogen) atoms. The van der Waals surface area contributed by atoms with E-state index in [2.05, 4.69) is 36.8 Å². The molecule has 5 rings (SSSR count). The lowest BCUT2D eigenvalue weighted by atomic mass is 9.83. The normalized spacial score (nSPS) is 23.2. The van der Waals surface area contributed by atoms with E-state index in [0.717, 1.165) is 35.1 Å². The fourth-order valence-electron chi connectivity index (χ4n) is 4.18. The molecule has 10 heteroatoms. The summed E-state index contributed by atoms with van der Waals surface area (Å²) in [5, 5.41) is 20.9. The van der Waals surface area contributed by atoms with Crippen LogP contribution in [0.1, 0.15) is 29.6 Å². The van der Waals surface area contributed by atoms with Gasteiger partial charge in [-0.1, -0.05) is 23.5 Å². The van der Waals surface area contributed by atoms with Crippen LogP contribution < -0.4 is 21.5 Å². The van der Waals surface area contributed by atoms with Gasteiger partial charge in [0.05, 0.1) is 11.8 Å². The lowest BCUT2D eigenvalue weighted by molar-refractivity contribution is 0.102. The average molecular weight is 425 g/mol.